The number of benzene rings is 2. The highest BCUT2D eigenvalue weighted by molar-refractivity contribution is 14.1. The van der Waals surface area contributed by atoms with Gasteiger partial charge in [-0.05, 0) is 59.1 Å². The van der Waals surface area contributed by atoms with Gasteiger partial charge in [0, 0.05) is 3.57 Å². The van der Waals surface area contributed by atoms with E-state index in [0.29, 0.717) is 21.3 Å². The summed E-state index contributed by atoms with van der Waals surface area (Å²) in [5, 5.41) is 6.38. The van der Waals surface area contributed by atoms with Crippen LogP contribution >= 0.6 is 58.0 Å². The summed E-state index contributed by atoms with van der Waals surface area (Å²) in [4.78, 5) is 12.1. The molecule has 0 radical (unpaired) electrons. The lowest BCUT2D eigenvalue weighted by Crippen LogP contribution is -2.34. The molecule has 0 spiro atoms. The van der Waals surface area contributed by atoms with Crippen LogP contribution in [-0.4, -0.2) is 11.0 Å². The molecule has 0 bridgehead atoms. The van der Waals surface area contributed by atoms with Gasteiger partial charge >= 0.3 is 0 Å². The number of carbonyl (C=O) groups excluding carboxylic acids is 1. The van der Waals surface area contributed by atoms with Crippen molar-refractivity contribution in [3.63, 3.8) is 0 Å². The summed E-state index contributed by atoms with van der Waals surface area (Å²) in [6, 6.07) is 12.4. The van der Waals surface area contributed by atoms with Crippen molar-refractivity contribution in [3.05, 3.63) is 61.6 Å². The van der Waals surface area contributed by atoms with Crippen LogP contribution in [0.2, 0.25) is 10.0 Å². The molecule has 2 aromatic carbocycles. The Morgan fingerprint density at radius 3 is 2.52 bits per heavy atom. The van der Waals surface area contributed by atoms with Crippen LogP contribution in [0.3, 0.4) is 0 Å². The minimum Gasteiger partial charge on any atom is -0.331 e. The maximum atomic E-state index is 12.1. The van der Waals surface area contributed by atoms with Crippen molar-refractivity contribution < 1.29 is 4.79 Å². The zero-order valence-electron chi connectivity index (χ0n) is 10.5. The first-order chi connectivity index (χ1) is 9.99. The Morgan fingerprint density at radius 1 is 1.10 bits per heavy atom. The third kappa shape index (κ3) is 4.29. The van der Waals surface area contributed by atoms with E-state index >= 15 is 0 Å². The van der Waals surface area contributed by atoms with E-state index in [0.717, 1.165) is 3.57 Å². The molecule has 0 saturated carbocycles. The SMILES string of the molecule is O=C(NC(=S)Nc1cccc(Cl)c1Cl)c1ccccc1I. The molecule has 0 saturated heterocycles. The number of carbonyl (C=O) groups is 1. The van der Waals surface area contributed by atoms with Crippen molar-refractivity contribution in [1.29, 1.82) is 0 Å². The van der Waals surface area contributed by atoms with Gasteiger partial charge in [-0.25, -0.2) is 0 Å². The lowest BCUT2D eigenvalue weighted by Gasteiger charge is -2.12. The smallest absolute Gasteiger partial charge is 0.258 e. The van der Waals surface area contributed by atoms with E-state index < -0.39 is 0 Å². The predicted octanol–water partition coefficient (Wildman–Crippen LogP) is 4.72. The number of hydrogen-bond donors (Lipinski definition) is 2. The van der Waals surface area contributed by atoms with Gasteiger partial charge < -0.3 is 5.32 Å². The van der Waals surface area contributed by atoms with Gasteiger partial charge in [0.25, 0.3) is 5.91 Å². The molecular weight excluding hydrogens is 442 g/mol. The van der Waals surface area contributed by atoms with Gasteiger partial charge in [0.1, 0.15) is 0 Å². The first kappa shape index (κ1) is 16.5. The van der Waals surface area contributed by atoms with Gasteiger partial charge in [-0.1, -0.05) is 41.4 Å². The fourth-order valence-corrected chi connectivity index (χ4v) is 2.75. The van der Waals surface area contributed by atoms with Crippen LogP contribution in [0.1, 0.15) is 10.4 Å². The molecule has 0 aliphatic carbocycles. The maximum absolute atomic E-state index is 12.1. The first-order valence-corrected chi connectivity index (χ1v) is 8.04. The monoisotopic (exact) mass is 450 g/mol. The summed E-state index contributed by atoms with van der Waals surface area (Å²) in [6.07, 6.45) is 0. The highest BCUT2D eigenvalue weighted by Crippen LogP contribution is 2.29. The highest BCUT2D eigenvalue weighted by atomic mass is 127. The van der Waals surface area contributed by atoms with E-state index in [1.807, 2.05) is 12.1 Å². The number of halogens is 3. The molecule has 0 atom stereocenters. The average Bonchev–Trinajstić information content (AvgIpc) is 2.44. The molecule has 0 unspecified atom stereocenters. The van der Waals surface area contributed by atoms with Crippen LogP contribution in [0.5, 0.6) is 0 Å². The van der Waals surface area contributed by atoms with Crippen molar-refractivity contribution >= 4 is 74.7 Å². The minimum atomic E-state index is -0.282. The Balaban J connectivity index is 2.07. The van der Waals surface area contributed by atoms with Crippen LogP contribution in [0.15, 0.2) is 42.5 Å². The van der Waals surface area contributed by atoms with Crippen LogP contribution < -0.4 is 10.6 Å². The summed E-state index contributed by atoms with van der Waals surface area (Å²) in [5.41, 5.74) is 1.09. The molecule has 0 aromatic heterocycles. The number of rotatable bonds is 2. The van der Waals surface area contributed by atoms with Gasteiger partial charge in [-0.3, -0.25) is 10.1 Å². The summed E-state index contributed by atoms with van der Waals surface area (Å²) in [5.74, 6) is -0.282. The lowest BCUT2D eigenvalue weighted by atomic mass is 10.2. The summed E-state index contributed by atoms with van der Waals surface area (Å²) in [7, 11) is 0. The van der Waals surface area contributed by atoms with E-state index in [1.165, 1.54) is 0 Å². The number of thiocarbonyl (C=S) groups is 1. The molecular formula is C14H9Cl2IN2OS. The van der Waals surface area contributed by atoms with Crippen molar-refractivity contribution in [2.45, 2.75) is 0 Å². The zero-order valence-corrected chi connectivity index (χ0v) is 15.0. The van der Waals surface area contributed by atoms with Crippen molar-refractivity contribution in [3.8, 4) is 0 Å². The number of nitrogens with one attached hydrogen (secondary N) is 2. The molecule has 0 heterocycles. The molecule has 2 rings (SSSR count). The standard InChI is InChI=1S/C14H9Cl2IN2OS/c15-9-5-3-7-11(12(9)16)18-14(21)19-13(20)8-4-1-2-6-10(8)17/h1-7H,(H2,18,19,20,21). The second kappa shape index (κ2) is 7.40. The molecule has 2 aromatic rings. The minimum absolute atomic E-state index is 0.156. The molecule has 7 heteroatoms. The van der Waals surface area contributed by atoms with Crippen LogP contribution in [0, 0.1) is 3.57 Å². The van der Waals surface area contributed by atoms with Crippen LogP contribution in [0.4, 0.5) is 5.69 Å². The number of anilines is 1. The molecule has 0 aliphatic heterocycles. The zero-order chi connectivity index (χ0) is 15.4. The molecule has 2 N–H and O–H groups in total. The second-order valence-corrected chi connectivity index (χ2v) is 6.35. The largest absolute Gasteiger partial charge is 0.331 e. The summed E-state index contributed by atoms with van der Waals surface area (Å²) >= 11 is 19.2. The van der Waals surface area contributed by atoms with E-state index in [1.54, 1.807) is 30.3 Å². The Hall–Kier alpha value is -0.890. The highest BCUT2D eigenvalue weighted by Gasteiger charge is 2.12. The third-order valence-corrected chi connectivity index (χ3v) is 4.51. The third-order valence-electron chi connectivity index (χ3n) is 2.55. The van der Waals surface area contributed by atoms with Gasteiger partial charge in [0.05, 0.1) is 21.3 Å². The van der Waals surface area contributed by atoms with E-state index in [9.17, 15) is 4.79 Å². The lowest BCUT2D eigenvalue weighted by molar-refractivity contribution is 0.0977. The molecule has 0 aliphatic rings. The van der Waals surface area contributed by atoms with Crippen LogP contribution in [0.25, 0.3) is 0 Å². The van der Waals surface area contributed by atoms with Crippen molar-refractivity contribution in [2.75, 3.05) is 5.32 Å². The number of hydrogen-bond acceptors (Lipinski definition) is 2. The van der Waals surface area contributed by atoms with Crippen molar-refractivity contribution in [2.24, 2.45) is 0 Å². The quantitative estimate of drug-likeness (QED) is 0.513. The average molecular weight is 451 g/mol. The Kier molecular flexibility index (Phi) is 5.80. The van der Waals surface area contributed by atoms with Gasteiger partial charge in [0.2, 0.25) is 0 Å². The summed E-state index contributed by atoms with van der Waals surface area (Å²) in [6.45, 7) is 0. The Labute approximate surface area is 151 Å². The van der Waals surface area contributed by atoms with Gasteiger partial charge in [0.15, 0.2) is 5.11 Å². The second-order valence-electron chi connectivity index (χ2n) is 3.99. The Morgan fingerprint density at radius 2 is 1.81 bits per heavy atom. The molecule has 21 heavy (non-hydrogen) atoms. The number of amides is 1. The molecule has 108 valence electrons. The fraction of sp³-hybridized carbons (Fsp3) is 0. The van der Waals surface area contributed by atoms with E-state index in [4.69, 9.17) is 35.4 Å². The fourth-order valence-electron chi connectivity index (χ4n) is 1.57. The van der Waals surface area contributed by atoms with Crippen molar-refractivity contribution in [1.82, 2.24) is 5.32 Å². The van der Waals surface area contributed by atoms with E-state index in [2.05, 4.69) is 33.2 Å². The molecule has 0 fully saturated rings. The first-order valence-electron chi connectivity index (χ1n) is 5.80. The van der Waals surface area contributed by atoms with Gasteiger partial charge in [-0.2, -0.15) is 0 Å². The molecule has 1 amide bonds. The Bertz CT molecular complexity index is 709. The van der Waals surface area contributed by atoms with Gasteiger partial charge in [-0.15, -0.1) is 0 Å². The van der Waals surface area contributed by atoms with Crippen LogP contribution in [-0.2, 0) is 0 Å². The summed E-state index contributed by atoms with van der Waals surface area (Å²) < 4.78 is 0.844. The van der Waals surface area contributed by atoms with E-state index in [-0.39, 0.29) is 11.0 Å². The maximum Gasteiger partial charge on any atom is 0.258 e. The topological polar surface area (TPSA) is 41.1 Å². The molecule has 3 nitrogen and oxygen atoms in total. The predicted molar refractivity (Wildman–Crippen MR) is 99.3 cm³/mol. The normalized spacial score (nSPS) is 10.0.